The van der Waals surface area contributed by atoms with Crippen LogP contribution in [0.4, 0.5) is 10.1 Å². The molecule has 0 spiro atoms. The van der Waals surface area contributed by atoms with E-state index in [4.69, 9.17) is 24.8 Å². The molecular weight excluding hydrogens is 583 g/mol. The van der Waals surface area contributed by atoms with Gasteiger partial charge in [-0.05, 0) is 46.6 Å². The summed E-state index contributed by atoms with van der Waals surface area (Å²) in [5.41, 5.74) is 10.0. The Labute approximate surface area is 205 Å². The number of anilines is 1. The smallest absolute Gasteiger partial charge is 0.111 e. The van der Waals surface area contributed by atoms with Gasteiger partial charge in [0.05, 0.1) is 5.82 Å². The van der Waals surface area contributed by atoms with Gasteiger partial charge in [-0.1, -0.05) is 70.1 Å². The van der Waals surface area contributed by atoms with Crippen molar-refractivity contribution in [2.24, 2.45) is 5.73 Å². The number of terminal acetylenes is 1. The van der Waals surface area contributed by atoms with E-state index in [2.05, 4.69) is 45.5 Å². The van der Waals surface area contributed by atoms with Gasteiger partial charge in [-0.25, -0.2) is 4.39 Å². The molecule has 2 rings (SSSR count). The Morgan fingerprint density at radius 2 is 1.63 bits per heavy atom. The summed E-state index contributed by atoms with van der Waals surface area (Å²) in [4.78, 5) is 1.01. The Kier molecular flexibility index (Phi) is 11.4. The van der Waals surface area contributed by atoms with Gasteiger partial charge in [0.25, 0.3) is 0 Å². The van der Waals surface area contributed by atoms with Crippen LogP contribution in [-0.2, 0) is 39.1 Å². The maximum Gasteiger partial charge on any atom is 0.111 e. The van der Waals surface area contributed by atoms with Crippen LogP contribution in [0, 0.1) is 18.2 Å². The fourth-order valence-corrected chi connectivity index (χ4v) is 3.86. The Hall–Kier alpha value is -1.34. The third kappa shape index (κ3) is 8.06. The molecule has 0 aliphatic heterocycles. The Morgan fingerprint density at radius 3 is 1.87 bits per heavy atom. The van der Waals surface area contributed by atoms with Crippen LogP contribution in [0.25, 0.3) is 0 Å². The van der Waals surface area contributed by atoms with E-state index in [0.29, 0.717) is 21.9 Å². The minimum atomic E-state index is -0.255. The number of halogens is 1. The molecule has 6 heteroatoms. The zero-order valence-corrected chi connectivity index (χ0v) is 23.4. The molecule has 0 saturated heterocycles. The largest absolute Gasteiger partial charge is 0.425 e. The number of nitrogens with one attached hydrogen (secondary N) is 1. The molecule has 0 radical (unpaired) electrons. The summed E-state index contributed by atoms with van der Waals surface area (Å²) in [5.74, 6) is 3.66. The van der Waals surface area contributed by atoms with Crippen molar-refractivity contribution in [2.45, 2.75) is 69.9 Å². The third-order valence-corrected chi connectivity index (χ3v) is 6.07. The molecule has 1 aromatic heterocycles. The number of rotatable bonds is 4. The van der Waals surface area contributed by atoms with Crippen LogP contribution >= 0.6 is 11.3 Å². The normalized spacial score (nSPS) is 10.7. The predicted molar refractivity (Wildman–Crippen MR) is 128 cm³/mol. The van der Waals surface area contributed by atoms with Crippen molar-refractivity contribution in [2.75, 3.05) is 5.32 Å². The van der Waals surface area contributed by atoms with E-state index < -0.39 is 0 Å². The predicted octanol–water partition coefficient (Wildman–Crippen LogP) is 6.84. The Morgan fingerprint density at radius 1 is 1.17 bits per heavy atom. The third-order valence-electron chi connectivity index (χ3n) is 4.29. The first-order valence-electron chi connectivity index (χ1n) is 9.60. The Bertz CT molecular complexity index is 854. The zero-order chi connectivity index (χ0) is 22.5. The van der Waals surface area contributed by atoms with E-state index in [9.17, 15) is 4.39 Å². The van der Waals surface area contributed by atoms with Crippen molar-refractivity contribution in [3.8, 4) is 12.3 Å². The number of nitrogens with two attached hydrogens (primary N) is 1. The number of hydrogen-bond donors (Lipinski definition) is 2. The van der Waals surface area contributed by atoms with E-state index in [-0.39, 0.29) is 32.3 Å². The maximum absolute atomic E-state index is 12.8. The second-order valence-electron chi connectivity index (χ2n) is 8.63. The molecule has 2 nitrogen and oxygen atoms in total. The van der Waals surface area contributed by atoms with Gasteiger partial charge in [0, 0.05) is 32.3 Å². The van der Waals surface area contributed by atoms with Crippen LogP contribution in [-0.4, -0.2) is 0 Å². The van der Waals surface area contributed by atoms with Crippen molar-refractivity contribution in [3.05, 3.63) is 58.0 Å². The fourth-order valence-electron chi connectivity index (χ4n) is 2.71. The van der Waals surface area contributed by atoms with Gasteiger partial charge < -0.3 is 35.0 Å². The topological polar surface area (TPSA) is 38.0 Å². The zero-order valence-electron chi connectivity index (χ0n) is 18.9. The molecular formula is C24H32FN2S2W-. The van der Waals surface area contributed by atoms with Gasteiger partial charge >= 0.3 is 0 Å². The fraction of sp³-hybridized carbons (Fsp3) is 0.417. The number of hydrogen-bond acceptors (Lipinski definition) is 4. The second kappa shape index (κ2) is 11.9. The summed E-state index contributed by atoms with van der Waals surface area (Å²) in [7, 11) is 0. The molecule has 0 saturated carbocycles. The number of thiophene rings is 1. The average Bonchev–Trinajstić information content (AvgIpc) is 2.94. The van der Waals surface area contributed by atoms with Crippen molar-refractivity contribution in [1.82, 2.24) is 0 Å². The monoisotopic (exact) mass is 615 g/mol. The van der Waals surface area contributed by atoms with Crippen molar-refractivity contribution < 1.29 is 25.5 Å². The molecule has 1 aromatic carbocycles. The van der Waals surface area contributed by atoms with Gasteiger partial charge in [0.1, 0.15) is 5.82 Å². The van der Waals surface area contributed by atoms with Crippen LogP contribution in [0.3, 0.4) is 0 Å². The molecule has 3 N–H and O–H groups in total. The first-order valence-corrected chi connectivity index (χ1v) is 10.8. The maximum atomic E-state index is 12.8. The van der Waals surface area contributed by atoms with Crippen LogP contribution in [0.1, 0.15) is 81.9 Å². The summed E-state index contributed by atoms with van der Waals surface area (Å²) in [6, 6.07) is 5.62. The van der Waals surface area contributed by atoms with Crippen LogP contribution in [0.2, 0.25) is 0 Å². The van der Waals surface area contributed by atoms with E-state index in [1.165, 1.54) is 28.5 Å². The molecule has 30 heavy (non-hydrogen) atoms. The second-order valence-corrected chi connectivity index (χ2v) is 10.3. The molecule has 0 bridgehead atoms. The van der Waals surface area contributed by atoms with Crippen LogP contribution in [0.5, 0.6) is 0 Å². The van der Waals surface area contributed by atoms with Crippen molar-refractivity contribution in [3.63, 3.8) is 0 Å². The van der Waals surface area contributed by atoms with E-state index in [0.717, 1.165) is 16.1 Å². The molecule has 164 valence electrons. The molecule has 0 aliphatic rings. The van der Waals surface area contributed by atoms with E-state index >= 15 is 0 Å². The average molecular weight is 616 g/mol. The summed E-state index contributed by atoms with van der Waals surface area (Å²) in [6.07, 6.45) is 5.53. The molecule has 0 amide bonds. The van der Waals surface area contributed by atoms with Gasteiger partial charge in [-0.3, -0.25) is 0 Å². The van der Waals surface area contributed by atoms with Crippen LogP contribution in [0.15, 0.2) is 34.8 Å². The summed E-state index contributed by atoms with van der Waals surface area (Å²) in [6.45, 7) is 18.4. The minimum absolute atomic E-state index is 0. The van der Waals surface area contributed by atoms with Gasteiger partial charge in [0.2, 0.25) is 0 Å². The summed E-state index contributed by atoms with van der Waals surface area (Å²) in [5, 5.41) is 3.17. The summed E-state index contributed by atoms with van der Waals surface area (Å²) >= 11 is 6.15. The molecule has 1 heterocycles. The first kappa shape index (κ1) is 28.7. The number of benzene rings is 1. The SMILES string of the molecule is C#Cc1cc(C(C)C)c(NC(=C)N)c(C(C)C)c1.CC(C)(C)c1cc(F)c([S-])s1.[W]. The minimum Gasteiger partial charge on any atom is -0.425 e. The molecule has 0 fully saturated rings. The molecule has 2 aromatic rings. The molecule has 0 unspecified atom stereocenters. The Balaban J connectivity index is 0.000000603. The molecule has 0 aliphatic carbocycles. The summed E-state index contributed by atoms with van der Waals surface area (Å²) < 4.78 is 13.1. The molecule has 0 atom stereocenters. The van der Waals surface area contributed by atoms with Gasteiger partial charge in [-0.2, -0.15) is 0 Å². The van der Waals surface area contributed by atoms with Crippen molar-refractivity contribution >= 4 is 29.7 Å². The van der Waals surface area contributed by atoms with E-state index in [1.54, 1.807) is 0 Å². The van der Waals surface area contributed by atoms with Crippen LogP contribution < -0.4 is 11.1 Å². The van der Waals surface area contributed by atoms with E-state index in [1.807, 2.05) is 32.9 Å². The van der Waals surface area contributed by atoms with Gasteiger partial charge in [-0.15, -0.1) is 6.42 Å². The first-order chi connectivity index (χ1) is 13.3. The van der Waals surface area contributed by atoms with Crippen molar-refractivity contribution in [1.29, 1.82) is 0 Å². The standard InChI is InChI=1S/C16H22N2.C8H11FS2.W/c1-7-13-8-14(10(2)3)16(18-12(6)17)15(9-13)11(4)5;1-8(2,3)6-4-5(9)7(10)11-6;/h1,8-11,18H,6,17H2,2-5H3;4,10H,1-3H3;/p-1. The quantitative estimate of drug-likeness (QED) is 0.292. The van der Waals surface area contributed by atoms with Gasteiger partial charge in [0.15, 0.2) is 0 Å².